The third-order valence-electron chi connectivity index (χ3n) is 3.12. The average molecular weight is 401 g/mol. The van der Waals surface area contributed by atoms with E-state index in [0.29, 0.717) is 22.4 Å². The van der Waals surface area contributed by atoms with Crippen LogP contribution in [-0.2, 0) is 21.9 Å². The van der Waals surface area contributed by atoms with Crippen LogP contribution in [0.1, 0.15) is 16.9 Å². The number of rotatable bonds is 9. The highest BCUT2D eigenvalue weighted by molar-refractivity contribution is 7.98. The minimum atomic E-state index is -1.09. The Morgan fingerprint density at radius 3 is 2.76 bits per heavy atom. The van der Waals surface area contributed by atoms with Crippen LogP contribution in [-0.4, -0.2) is 33.9 Å². The average Bonchev–Trinajstić information content (AvgIpc) is 3.01. The number of carbonyl (C=O) groups excluding carboxylic acids is 1. The molecule has 134 valence electrons. The Kier molecular flexibility index (Phi) is 8.03. The van der Waals surface area contributed by atoms with Crippen molar-refractivity contribution in [1.29, 1.82) is 0 Å². The van der Waals surface area contributed by atoms with Crippen molar-refractivity contribution < 1.29 is 19.4 Å². The van der Waals surface area contributed by atoms with Gasteiger partial charge in [0.2, 0.25) is 0 Å². The zero-order valence-corrected chi connectivity index (χ0v) is 15.6. The van der Waals surface area contributed by atoms with Crippen LogP contribution in [0.15, 0.2) is 36.5 Å². The number of benzene rings is 1. The first kappa shape index (κ1) is 19.6. The lowest BCUT2D eigenvalue weighted by Crippen LogP contribution is -2.41. The molecule has 9 heteroatoms. The summed E-state index contributed by atoms with van der Waals surface area (Å²) in [5.74, 6) is 0.193. The van der Waals surface area contributed by atoms with E-state index < -0.39 is 18.1 Å². The number of aromatic nitrogens is 1. The predicted octanol–water partition coefficient (Wildman–Crippen LogP) is 3.80. The summed E-state index contributed by atoms with van der Waals surface area (Å²) in [4.78, 5) is 28.0. The van der Waals surface area contributed by atoms with Crippen molar-refractivity contribution >= 4 is 46.8 Å². The molecule has 6 nitrogen and oxygen atoms in total. The van der Waals surface area contributed by atoms with Gasteiger partial charge in [-0.1, -0.05) is 41.9 Å². The van der Waals surface area contributed by atoms with Crippen LogP contribution in [0.3, 0.4) is 0 Å². The Morgan fingerprint density at radius 1 is 1.36 bits per heavy atom. The van der Waals surface area contributed by atoms with Crippen molar-refractivity contribution in [1.82, 2.24) is 10.3 Å². The highest BCUT2D eigenvalue weighted by atomic mass is 35.5. The maximum absolute atomic E-state index is 11.8. The molecule has 1 atom stereocenters. The topological polar surface area (TPSA) is 88.5 Å². The molecule has 0 aliphatic carbocycles. The summed E-state index contributed by atoms with van der Waals surface area (Å²) >= 11 is 8.71. The first-order valence-electron chi connectivity index (χ1n) is 7.42. The molecular formula is C16H17ClN2O4S2. The molecule has 0 aliphatic heterocycles. The zero-order valence-electron chi connectivity index (χ0n) is 13.2. The van der Waals surface area contributed by atoms with Crippen LogP contribution in [0.5, 0.6) is 0 Å². The number of halogens is 1. The third kappa shape index (κ3) is 7.33. The third-order valence-corrected chi connectivity index (χ3v) is 5.46. The number of nitrogens with one attached hydrogen (secondary N) is 1. The van der Waals surface area contributed by atoms with Crippen LogP contribution in [0.4, 0.5) is 4.79 Å². The number of carboxylic acid groups (broad SMARTS) is 1. The predicted molar refractivity (Wildman–Crippen MR) is 99.1 cm³/mol. The van der Waals surface area contributed by atoms with Gasteiger partial charge in [-0.15, -0.1) is 11.3 Å². The van der Waals surface area contributed by atoms with Crippen LogP contribution in [0.25, 0.3) is 0 Å². The molecule has 0 aliphatic rings. The molecule has 1 amide bonds. The Bertz CT molecular complexity index is 696. The monoisotopic (exact) mass is 400 g/mol. The first-order chi connectivity index (χ1) is 12.0. The number of carboxylic acids is 1. The van der Waals surface area contributed by atoms with Gasteiger partial charge in [-0.25, -0.2) is 14.6 Å². The standard InChI is InChI=1S/C16H17ClN2O4S2/c17-15-18-8-12(25-15)10-24-7-6-13(14(20)21)19-16(22)23-9-11-4-2-1-3-5-11/h1-5,8,13H,6-7,9-10H2,(H,19,22)(H,20,21). The maximum atomic E-state index is 11.8. The molecule has 0 spiro atoms. The molecule has 2 N–H and O–H groups in total. The fourth-order valence-electron chi connectivity index (χ4n) is 1.89. The molecule has 0 saturated carbocycles. The molecular weight excluding hydrogens is 384 g/mol. The van der Waals surface area contributed by atoms with Gasteiger partial charge in [-0.2, -0.15) is 11.8 Å². The number of hydrogen-bond acceptors (Lipinski definition) is 6. The van der Waals surface area contributed by atoms with Crippen molar-refractivity contribution in [3.63, 3.8) is 0 Å². The highest BCUT2D eigenvalue weighted by Crippen LogP contribution is 2.22. The summed E-state index contributed by atoms with van der Waals surface area (Å²) in [6.07, 6.45) is 1.26. The number of hydrogen-bond donors (Lipinski definition) is 2. The normalized spacial score (nSPS) is 11.7. The number of carbonyl (C=O) groups is 2. The molecule has 1 aromatic carbocycles. The second kappa shape index (κ2) is 10.3. The number of nitrogens with zero attached hydrogens (tertiary/aromatic N) is 1. The SMILES string of the molecule is O=C(NC(CCSCc1cnc(Cl)s1)C(=O)O)OCc1ccccc1. The molecule has 1 aromatic heterocycles. The molecule has 1 heterocycles. The van der Waals surface area contributed by atoms with Gasteiger partial charge in [0, 0.05) is 16.8 Å². The number of ether oxygens (including phenoxy) is 1. The van der Waals surface area contributed by atoms with Gasteiger partial charge in [-0.3, -0.25) is 0 Å². The van der Waals surface area contributed by atoms with E-state index in [0.717, 1.165) is 10.4 Å². The fraction of sp³-hybridized carbons (Fsp3) is 0.312. The van der Waals surface area contributed by atoms with Crippen molar-refractivity contribution in [2.24, 2.45) is 0 Å². The molecule has 0 radical (unpaired) electrons. The van der Waals surface area contributed by atoms with Crippen molar-refractivity contribution in [2.75, 3.05) is 5.75 Å². The van der Waals surface area contributed by atoms with Gasteiger partial charge < -0.3 is 15.2 Å². The molecule has 2 aromatic rings. The summed E-state index contributed by atoms with van der Waals surface area (Å²) in [7, 11) is 0. The van der Waals surface area contributed by atoms with Gasteiger partial charge in [0.1, 0.15) is 12.6 Å². The number of alkyl carbamates (subject to hydrolysis) is 1. The van der Waals surface area contributed by atoms with Crippen molar-refractivity contribution in [3.8, 4) is 0 Å². The van der Waals surface area contributed by atoms with E-state index in [1.165, 1.54) is 11.3 Å². The first-order valence-corrected chi connectivity index (χ1v) is 9.77. The fourth-order valence-corrected chi connectivity index (χ4v) is 3.97. The molecule has 0 saturated heterocycles. The van der Waals surface area contributed by atoms with E-state index in [2.05, 4.69) is 10.3 Å². The number of thioether (sulfide) groups is 1. The lowest BCUT2D eigenvalue weighted by molar-refractivity contribution is -0.139. The van der Waals surface area contributed by atoms with E-state index in [1.807, 2.05) is 30.3 Å². The maximum Gasteiger partial charge on any atom is 0.408 e. The van der Waals surface area contributed by atoms with Crippen molar-refractivity contribution in [3.05, 3.63) is 51.4 Å². The minimum absolute atomic E-state index is 0.0971. The van der Waals surface area contributed by atoms with E-state index >= 15 is 0 Å². The summed E-state index contributed by atoms with van der Waals surface area (Å²) in [6.45, 7) is 0.0971. The lowest BCUT2D eigenvalue weighted by Gasteiger charge is -2.14. The number of thiazole rings is 1. The van der Waals surface area contributed by atoms with Crippen LogP contribution >= 0.6 is 34.7 Å². The molecule has 0 bridgehead atoms. The molecule has 1 unspecified atom stereocenters. The summed E-state index contributed by atoms with van der Waals surface area (Å²) in [6, 6.07) is 8.20. The van der Waals surface area contributed by atoms with Gasteiger partial charge >= 0.3 is 12.1 Å². The van der Waals surface area contributed by atoms with Gasteiger partial charge in [0.25, 0.3) is 0 Å². The van der Waals surface area contributed by atoms with E-state index in [9.17, 15) is 14.7 Å². The number of amides is 1. The summed E-state index contributed by atoms with van der Waals surface area (Å²) in [5.41, 5.74) is 0.836. The Labute approximate surface area is 158 Å². The van der Waals surface area contributed by atoms with E-state index in [4.69, 9.17) is 16.3 Å². The van der Waals surface area contributed by atoms with Gasteiger partial charge in [0.05, 0.1) is 0 Å². The van der Waals surface area contributed by atoms with Gasteiger partial charge in [0.15, 0.2) is 4.47 Å². The molecule has 2 rings (SSSR count). The summed E-state index contributed by atoms with van der Waals surface area (Å²) < 4.78 is 5.53. The van der Waals surface area contributed by atoms with Crippen LogP contribution < -0.4 is 5.32 Å². The molecule has 0 fully saturated rings. The second-order valence-electron chi connectivity index (χ2n) is 5.02. The zero-order chi connectivity index (χ0) is 18.1. The largest absolute Gasteiger partial charge is 0.480 e. The van der Waals surface area contributed by atoms with E-state index in [1.54, 1.807) is 18.0 Å². The summed E-state index contributed by atoms with van der Waals surface area (Å²) in [5, 5.41) is 11.6. The van der Waals surface area contributed by atoms with Crippen LogP contribution in [0.2, 0.25) is 4.47 Å². The highest BCUT2D eigenvalue weighted by Gasteiger charge is 2.20. The van der Waals surface area contributed by atoms with E-state index in [-0.39, 0.29) is 6.61 Å². The second-order valence-corrected chi connectivity index (χ2v) is 7.82. The Hall–Kier alpha value is -1.77. The Morgan fingerprint density at radius 2 is 2.12 bits per heavy atom. The minimum Gasteiger partial charge on any atom is -0.480 e. The lowest BCUT2D eigenvalue weighted by atomic mass is 10.2. The quantitative estimate of drug-likeness (QED) is 0.622. The smallest absolute Gasteiger partial charge is 0.408 e. The van der Waals surface area contributed by atoms with Crippen LogP contribution in [0, 0.1) is 0 Å². The van der Waals surface area contributed by atoms with Crippen molar-refractivity contribution in [2.45, 2.75) is 24.8 Å². The van der Waals surface area contributed by atoms with Gasteiger partial charge in [-0.05, 0) is 17.7 Å². The Balaban J connectivity index is 1.70. The molecule has 25 heavy (non-hydrogen) atoms. The number of aliphatic carboxylic acids is 1.